The van der Waals surface area contributed by atoms with Crippen molar-refractivity contribution in [1.82, 2.24) is 10.2 Å². The van der Waals surface area contributed by atoms with Crippen LogP contribution in [0.3, 0.4) is 0 Å². The third-order valence-corrected chi connectivity index (χ3v) is 3.46. The number of amides is 1. The highest BCUT2D eigenvalue weighted by Gasteiger charge is 2.21. The summed E-state index contributed by atoms with van der Waals surface area (Å²) in [5.41, 5.74) is 0.437. The van der Waals surface area contributed by atoms with Gasteiger partial charge in [0.05, 0.1) is 0 Å². The fraction of sp³-hybridized carbons (Fsp3) is 0.533. The summed E-state index contributed by atoms with van der Waals surface area (Å²) in [5, 5.41) is 3.40. The third-order valence-electron chi connectivity index (χ3n) is 3.46. The molecule has 1 fully saturated rings. The molecule has 1 aromatic rings. The molecule has 1 amide bonds. The van der Waals surface area contributed by atoms with E-state index in [-0.39, 0.29) is 11.7 Å². The summed E-state index contributed by atoms with van der Waals surface area (Å²) in [6.45, 7) is 4.50. The first-order chi connectivity index (χ1) is 9.20. The van der Waals surface area contributed by atoms with Gasteiger partial charge in [-0.25, -0.2) is 4.39 Å². The zero-order chi connectivity index (χ0) is 13.7. The van der Waals surface area contributed by atoms with Crippen LogP contribution < -0.4 is 5.32 Å². The molecule has 0 spiro atoms. The van der Waals surface area contributed by atoms with E-state index in [9.17, 15) is 9.18 Å². The van der Waals surface area contributed by atoms with Crippen molar-refractivity contribution in [2.75, 3.05) is 19.6 Å². The first-order valence-corrected chi connectivity index (χ1v) is 6.99. The molecule has 0 radical (unpaired) electrons. The minimum absolute atomic E-state index is 0.0740. The molecule has 0 bridgehead atoms. The van der Waals surface area contributed by atoms with Gasteiger partial charge in [-0.05, 0) is 44.0 Å². The lowest BCUT2D eigenvalue weighted by atomic mass is 10.1. The second-order valence-corrected chi connectivity index (χ2v) is 5.05. The van der Waals surface area contributed by atoms with Crippen molar-refractivity contribution < 1.29 is 9.18 Å². The number of hydrogen-bond acceptors (Lipinski definition) is 2. The Kier molecular flexibility index (Phi) is 4.91. The van der Waals surface area contributed by atoms with E-state index in [1.165, 1.54) is 18.6 Å². The number of nitrogens with zero attached hydrogens (tertiary/aromatic N) is 1. The molecule has 3 nitrogen and oxygen atoms in total. The highest BCUT2D eigenvalue weighted by molar-refractivity contribution is 5.94. The Morgan fingerprint density at radius 3 is 3.00 bits per heavy atom. The molecule has 104 valence electrons. The lowest BCUT2D eigenvalue weighted by Gasteiger charge is -2.25. The molecule has 1 aliphatic heterocycles. The number of benzene rings is 1. The highest BCUT2D eigenvalue weighted by Crippen LogP contribution is 2.12. The topological polar surface area (TPSA) is 32.3 Å². The van der Waals surface area contributed by atoms with Crippen LogP contribution in [0, 0.1) is 5.82 Å². The summed E-state index contributed by atoms with van der Waals surface area (Å²) < 4.78 is 13.2. The van der Waals surface area contributed by atoms with Crippen LogP contribution >= 0.6 is 0 Å². The van der Waals surface area contributed by atoms with Crippen LogP contribution in [0.1, 0.15) is 36.5 Å². The molecule has 4 heteroatoms. The van der Waals surface area contributed by atoms with Crippen LogP contribution in [0.2, 0.25) is 0 Å². The van der Waals surface area contributed by atoms with Crippen molar-refractivity contribution in [3.05, 3.63) is 35.6 Å². The molecule has 2 rings (SSSR count). The average molecular weight is 264 g/mol. The monoisotopic (exact) mass is 264 g/mol. The minimum atomic E-state index is -0.360. The van der Waals surface area contributed by atoms with Gasteiger partial charge in [-0.1, -0.05) is 13.0 Å². The summed E-state index contributed by atoms with van der Waals surface area (Å²) in [7, 11) is 0. The number of rotatable bonds is 5. The van der Waals surface area contributed by atoms with Crippen LogP contribution in [0.4, 0.5) is 4.39 Å². The van der Waals surface area contributed by atoms with Crippen molar-refractivity contribution in [2.24, 2.45) is 0 Å². The Balaban J connectivity index is 2.06. The fourth-order valence-corrected chi connectivity index (χ4v) is 2.53. The molecular weight excluding hydrogens is 243 g/mol. The Bertz CT molecular complexity index is 430. The van der Waals surface area contributed by atoms with E-state index < -0.39 is 0 Å². The van der Waals surface area contributed by atoms with E-state index in [4.69, 9.17) is 0 Å². The summed E-state index contributed by atoms with van der Waals surface area (Å²) in [4.78, 5) is 14.2. The molecule has 1 heterocycles. The lowest BCUT2D eigenvalue weighted by Crippen LogP contribution is -2.41. The molecule has 0 saturated carbocycles. The first kappa shape index (κ1) is 14.0. The molecule has 1 aromatic carbocycles. The van der Waals surface area contributed by atoms with Gasteiger partial charge in [0.15, 0.2) is 0 Å². The molecule has 1 atom stereocenters. The Morgan fingerprint density at radius 1 is 1.53 bits per heavy atom. The molecule has 1 unspecified atom stereocenters. The Hall–Kier alpha value is -1.42. The molecule has 1 aliphatic rings. The fourth-order valence-electron chi connectivity index (χ4n) is 2.53. The molecule has 0 aliphatic carbocycles. The first-order valence-electron chi connectivity index (χ1n) is 6.99. The second kappa shape index (κ2) is 6.66. The van der Waals surface area contributed by atoms with E-state index in [0.29, 0.717) is 24.7 Å². The maximum Gasteiger partial charge on any atom is 0.254 e. The smallest absolute Gasteiger partial charge is 0.254 e. The zero-order valence-electron chi connectivity index (χ0n) is 11.4. The number of carbonyl (C=O) groups is 1. The van der Waals surface area contributed by atoms with Gasteiger partial charge in [-0.15, -0.1) is 0 Å². The predicted octanol–water partition coefficient (Wildman–Crippen LogP) is 2.43. The van der Waals surface area contributed by atoms with Crippen LogP contribution in [0.15, 0.2) is 24.3 Å². The SMILES string of the molecule is CCCN(CC1CCCN1)C(=O)c1cccc(F)c1. The van der Waals surface area contributed by atoms with E-state index in [1.54, 1.807) is 12.1 Å². The normalized spacial score (nSPS) is 18.5. The van der Waals surface area contributed by atoms with Gasteiger partial charge in [-0.3, -0.25) is 4.79 Å². The standard InChI is InChI=1S/C15H21FN2O/c1-2-9-18(11-14-7-4-8-17-14)15(19)12-5-3-6-13(16)10-12/h3,5-6,10,14,17H,2,4,7-9,11H2,1H3. The lowest BCUT2D eigenvalue weighted by molar-refractivity contribution is 0.0741. The average Bonchev–Trinajstić information content (AvgIpc) is 2.90. The highest BCUT2D eigenvalue weighted by atomic mass is 19.1. The van der Waals surface area contributed by atoms with E-state index in [2.05, 4.69) is 5.32 Å². The van der Waals surface area contributed by atoms with Gasteiger partial charge in [0.25, 0.3) is 5.91 Å². The van der Waals surface area contributed by atoms with Crippen molar-refractivity contribution in [3.8, 4) is 0 Å². The molecular formula is C15H21FN2O. The Morgan fingerprint density at radius 2 is 2.37 bits per heavy atom. The van der Waals surface area contributed by atoms with Crippen molar-refractivity contribution in [1.29, 1.82) is 0 Å². The minimum Gasteiger partial charge on any atom is -0.337 e. The third kappa shape index (κ3) is 3.77. The molecule has 1 saturated heterocycles. The summed E-state index contributed by atoms with van der Waals surface area (Å²) in [5.74, 6) is -0.434. The van der Waals surface area contributed by atoms with Crippen molar-refractivity contribution in [3.63, 3.8) is 0 Å². The Labute approximate surface area is 113 Å². The second-order valence-electron chi connectivity index (χ2n) is 5.05. The van der Waals surface area contributed by atoms with Gasteiger partial charge in [0.1, 0.15) is 5.82 Å². The van der Waals surface area contributed by atoms with E-state index >= 15 is 0 Å². The molecule has 1 N–H and O–H groups in total. The van der Waals surface area contributed by atoms with Gasteiger partial charge < -0.3 is 10.2 Å². The van der Waals surface area contributed by atoms with Crippen LogP contribution in [-0.2, 0) is 0 Å². The molecule has 19 heavy (non-hydrogen) atoms. The largest absolute Gasteiger partial charge is 0.337 e. The maximum atomic E-state index is 13.2. The van der Waals surface area contributed by atoms with Gasteiger partial charge in [-0.2, -0.15) is 0 Å². The van der Waals surface area contributed by atoms with Gasteiger partial charge in [0, 0.05) is 24.7 Å². The number of nitrogens with one attached hydrogen (secondary N) is 1. The van der Waals surface area contributed by atoms with Crippen molar-refractivity contribution >= 4 is 5.91 Å². The summed E-state index contributed by atoms with van der Waals surface area (Å²) >= 11 is 0. The maximum absolute atomic E-state index is 13.2. The number of carbonyl (C=O) groups excluding carboxylic acids is 1. The summed E-state index contributed by atoms with van der Waals surface area (Å²) in [6.07, 6.45) is 3.18. The van der Waals surface area contributed by atoms with Crippen LogP contribution in [0.25, 0.3) is 0 Å². The van der Waals surface area contributed by atoms with Crippen molar-refractivity contribution in [2.45, 2.75) is 32.2 Å². The quantitative estimate of drug-likeness (QED) is 0.886. The number of halogens is 1. The van der Waals surface area contributed by atoms with Gasteiger partial charge in [0.2, 0.25) is 0 Å². The number of hydrogen-bond donors (Lipinski definition) is 1. The van der Waals surface area contributed by atoms with E-state index in [1.807, 2.05) is 11.8 Å². The van der Waals surface area contributed by atoms with Crippen LogP contribution in [0.5, 0.6) is 0 Å². The van der Waals surface area contributed by atoms with Gasteiger partial charge >= 0.3 is 0 Å². The molecule has 0 aromatic heterocycles. The zero-order valence-corrected chi connectivity index (χ0v) is 11.4. The predicted molar refractivity (Wildman–Crippen MR) is 73.6 cm³/mol. The van der Waals surface area contributed by atoms with Crippen LogP contribution in [-0.4, -0.2) is 36.5 Å². The van der Waals surface area contributed by atoms with E-state index in [0.717, 1.165) is 19.4 Å². The summed E-state index contributed by atoms with van der Waals surface area (Å²) in [6, 6.07) is 6.31.